The zero-order chi connectivity index (χ0) is 19.8. The fourth-order valence-electron chi connectivity index (χ4n) is 3.74. The smallest absolute Gasteiger partial charge is 0.131 e. The number of benzene rings is 2. The minimum absolute atomic E-state index is 0.0230. The van der Waals surface area contributed by atoms with Gasteiger partial charge in [0.15, 0.2) is 0 Å². The first-order valence-electron chi connectivity index (χ1n) is 9.31. The lowest BCUT2D eigenvalue weighted by Crippen LogP contribution is -2.09. The maximum absolute atomic E-state index is 6.40. The van der Waals surface area contributed by atoms with E-state index in [1.165, 1.54) is 5.39 Å². The lowest BCUT2D eigenvalue weighted by Gasteiger charge is -2.19. The van der Waals surface area contributed by atoms with Crippen LogP contribution >= 0.6 is 0 Å². The number of aromatic nitrogens is 3. The largest absolute Gasteiger partial charge is 0.497 e. The molecule has 2 aromatic heterocycles. The van der Waals surface area contributed by atoms with E-state index in [2.05, 4.69) is 53.0 Å². The van der Waals surface area contributed by atoms with Crippen molar-refractivity contribution >= 4 is 16.7 Å². The molecule has 0 spiro atoms. The quantitative estimate of drug-likeness (QED) is 0.564. The molecule has 5 nitrogen and oxygen atoms in total. The molecule has 0 saturated carbocycles. The van der Waals surface area contributed by atoms with Gasteiger partial charge in [-0.05, 0) is 42.1 Å². The second kappa shape index (κ2) is 7.00. The molecule has 0 bridgehead atoms. The van der Waals surface area contributed by atoms with Gasteiger partial charge >= 0.3 is 0 Å². The molecule has 4 rings (SSSR count). The summed E-state index contributed by atoms with van der Waals surface area (Å²) in [6, 6.07) is 16.5. The summed E-state index contributed by atoms with van der Waals surface area (Å²) in [5, 5.41) is 1.20. The average molecular weight is 372 g/mol. The Kier molecular flexibility index (Phi) is 4.51. The summed E-state index contributed by atoms with van der Waals surface area (Å²) < 4.78 is 7.50. The lowest BCUT2D eigenvalue weighted by atomic mass is 9.89. The normalized spacial score (nSPS) is 12.3. The van der Waals surface area contributed by atoms with Crippen LogP contribution < -0.4 is 10.5 Å². The van der Waals surface area contributed by atoms with E-state index in [-0.39, 0.29) is 5.92 Å². The van der Waals surface area contributed by atoms with Gasteiger partial charge in [-0.1, -0.05) is 31.2 Å². The van der Waals surface area contributed by atoms with E-state index in [1.54, 1.807) is 7.11 Å². The van der Waals surface area contributed by atoms with Crippen LogP contribution in [-0.4, -0.2) is 21.6 Å². The van der Waals surface area contributed by atoms with Crippen molar-refractivity contribution in [3.63, 3.8) is 0 Å². The van der Waals surface area contributed by atoms with E-state index in [4.69, 9.17) is 15.5 Å². The van der Waals surface area contributed by atoms with Crippen LogP contribution in [0.25, 0.3) is 22.2 Å². The standard InChI is InChI=1S/C23H24N4O/c1-14(17-6-5-7-19(12-17)28-4)21-22(25-15(2)26-23(21)24)18-9-8-16-10-11-27(3)20(16)13-18/h5-14H,1-4H3,(H2,24,25,26)/t14-/m0/s1. The number of nitrogen functional groups attached to an aromatic ring is 1. The number of rotatable bonds is 4. The van der Waals surface area contributed by atoms with Crippen molar-refractivity contribution < 1.29 is 4.74 Å². The molecule has 28 heavy (non-hydrogen) atoms. The number of hydrogen-bond acceptors (Lipinski definition) is 4. The lowest BCUT2D eigenvalue weighted by molar-refractivity contribution is 0.414. The summed E-state index contributed by atoms with van der Waals surface area (Å²) >= 11 is 0. The highest BCUT2D eigenvalue weighted by molar-refractivity contribution is 5.86. The summed E-state index contributed by atoms with van der Waals surface area (Å²) in [5.74, 6) is 2.03. The predicted molar refractivity (Wildman–Crippen MR) is 114 cm³/mol. The summed E-state index contributed by atoms with van der Waals surface area (Å²) in [5.41, 5.74) is 11.5. The average Bonchev–Trinajstić information content (AvgIpc) is 3.07. The Morgan fingerprint density at radius 3 is 2.68 bits per heavy atom. The van der Waals surface area contributed by atoms with Crippen LogP contribution in [0.15, 0.2) is 54.7 Å². The number of fused-ring (bicyclic) bond motifs is 1. The molecule has 0 radical (unpaired) electrons. The molecule has 142 valence electrons. The second-order valence-corrected chi connectivity index (χ2v) is 7.12. The van der Waals surface area contributed by atoms with Crippen molar-refractivity contribution in [2.24, 2.45) is 7.05 Å². The highest BCUT2D eigenvalue weighted by atomic mass is 16.5. The van der Waals surface area contributed by atoms with Gasteiger partial charge < -0.3 is 15.0 Å². The Balaban J connectivity index is 1.90. The first kappa shape index (κ1) is 18.0. The number of anilines is 1. The van der Waals surface area contributed by atoms with Crippen molar-refractivity contribution in [3.05, 3.63) is 71.7 Å². The number of methoxy groups -OCH3 is 1. The third-order valence-corrected chi connectivity index (χ3v) is 5.28. The van der Waals surface area contributed by atoms with Gasteiger partial charge in [0.2, 0.25) is 0 Å². The summed E-state index contributed by atoms with van der Waals surface area (Å²) in [6.45, 7) is 4.00. The Labute approximate surface area is 164 Å². The number of ether oxygens (including phenoxy) is 1. The first-order valence-corrected chi connectivity index (χ1v) is 9.31. The molecule has 0 aliphatic heterocycles. The van der Waals surface area contributed by atoms with E-state index in [0.29, 0.717) is 11.6 Å². The fraction of sp³-hybridized carbons (Fsp3) is 0.217. The van der Waals surface area contributed by atoms with Crippen LogP contribution in [0.5, 0.6) is 5.75 Å². The topological polar surface area (TPSA) is 66.0 Å². The molecule has 0 aliphatic carbocycles. The molecule has 4 aromatic rings. The molecule has 2 N–H and O–H groups in total. The Morgan fingerprint density at radius 2 is 1.89 bits per heavy atom. The number of nitrogens with two attached hydrogens (primary N) is 1. The van der Waals surface area contributed by atoms with Crippen LogP contribution in [0.4, 0.5) is 5.82 Å². The van der Waals surface area contributed by atoms with Crippen LogP contribution in [0.1, 0.15) is 29.8 Å². The molecular weight excluding hydrogens is 348 g/mol. The molecule has 1 atom stereocenters. The van der Waals surface area contributed by atoms with E-state index in [9.17, 15) is 0 Å². The Hall–Kier alpha value is -3.34. The van der Waals surface area contributed by atoms with Crippen molar-refractivity contribution in [2.75, 3.05) is 12.8 Å². The fourth-order valence-corrected chi connectivity index (χ4v) is 3.74. The SMILES string of the molecule is COc1cccc([C@H](C)c2c(N)nc(C)nc2-c2ccc3ccn(C)c3c2)c1. The molecule has 0 amide bonds. The molecule has 0 aliphatic rings. The molecule has 2 heterocycles. The van der Waals surface area contributed by atoms with Crippen LogP contribution in [-0.2, 0) is 7.05 Å². The highest BCUT2D eigenvalue weighted by Gasteiger charge is 2.21. The van der Waals surface area contributed by atoms with Crippen LogP contribution in [0.3, 0.4) is 0 Å². The number of hydrogen-bond donors (Lipinski definition) is 1. The van der Waals surface area contributed by atoms with E-state index >= 15 is 0 Å². The maximum atomic E-state index is 6.40. The van der Waals surface area contributed by atoms with E-state index in [0.717, 1.165) is 33.7 Å². The second-order valence-electron chi connectivity index (χ2n) is 7.12. The Morgan fingerprint density at radius 1 is 1.07 bits per heavy atom. The molecule has 2 aromatic carbocycles. The third kappa shape index (κ3) is 3.09. The summed E-state index contributed by atoms with van der Waals surface area (Å²) in [6.07, 6.45) is 2.06. The third-order valence-electron chi connectivity index (χ3n) is 5.28. The van der Waals surface area contributed by atoms with Gasteiger partial charge in [-0.15, -0.1) is 0 Å². The van der Waals surface area contributed by atoms with Gasteiger partial charge in [0.25, 0.3) is 0 Å². The van der Waals surface area contributed by atoms with E-state index in [1.807, 2.05) is 32.2 Å². The number of nitrogens with zero attached hydrogens (tertiary/aromatic N) is 3. The van der Waals surface area contributed by atoms with Gasteiger partial charge in [0.05, 0.1) is 12.8 Å². The molecule has 0 saturated heterocycles. The van der Waals surface area contributed by atoms with Gasteiger partial charge in [0, 0.05) is 35.8 Å². The van der Waals surface area contributed by atoms with E-state index < -0.39 is 0 Å². The monoisotopic (exact) mass is 372 g/mol. The van der Waals surface area contributed by atoms with Gasteiger partial charge in [0.1, 0.15) is 17.4 Å². The van der Waals surface area contributed by atoms with Gasteiger partial charge in [-0.3, -0.25) is 0 Å². The van der Waals surface area contributed by atoms with Crippen molar-refractivity contribution in [3.8, 4) is 17.0 Å². The van der Waals surface area contributed by atoms with Gasteiger partial charge in [-0.2, -0.15) is 0 Å². The minimum atomic E-state index is 0.0230. The van der Waals surface area contributed by atoms with Gasteiger partial charge in [-0.25, -0.2) is 9.97 Å². The Bertz CT molecular complexity index is 1160. The van der Waals surface area contributed by atoms with Crippen LogP contribution in [0.2, 0.25) is 0 Å². The first-order chi connectivity index (χ1) is 13.5. The molecule has 0 unspecified atom stereocenters. The highest BCUT2D eigenvalue weighted by Crippen LogP contribution is 2.37. The summed E-state index contributed by atoms with van der Waals surface area (Å²) in [7, 11) is 3.72. The minimum Gasteiger partial charge on any atom is -0.497 e. The predicted octanol–water partition coefficient (Wildman–Crippen LogP) is 4.69. The van der Waals surface area contributed by atoms with Crippen LogP contribution in [0, 0.1) is 6.92 Å². The zero-order valence-electron chi connectivity index (χ0n) is 16.6. The molecular formula is C23H24N4O. The number of aryl methyl sites for hydroxylation is 2. The molecule has 5 heteroatoms. The zero-order valence-corrected chi connectivity index (χ0v) is 16.6. The van der Waals surface area contributed by atoms with Crippen molar-refractivity contribution in [1.29, 1.82) is 0 Å². The van der Waals surface area contributed by atoms with Crippen molar-refractivity contribution in [2.45, 2.75) is 19.8 Å². The maximum Gasteiger partial charge on any atom is 0.131 e. The molecule has 0 fully saturated rings. The van der Waals surface area contributed by atoms with Crippen molar-refractivity contribution in [1.82, 2.24) is 14.5 Å². The summed E-state index contributed by atoms with van der Waals surface area (Å²) in [4.78, 5) is 9.23.